The van der Waals surface area contributed by atoms with Crippen molar-refractivity contribution in [1.82, 2.24) is 5.32 Å². The Bertz CT molecular complexity index is 672. The largest absolute Gasteiger partial charge is 0.481 e. The number of carboxylic acid groups (broad SMARTS) is 1. The van der Waals surface area contributed by atoms with Crippen LogP contribution in [0, 0.1) is 10.1 Å². The van der Waals surface area contributed by atoms with Crippen molar-refractivity contribution in [2.75, 3.05) is 0 Å². The Morgan fingerprint density at radius 2 is 1.96 bits per heavy atom. The first-order valence-corrected chi connectivity index (χ1v) is 8.03. The van der Waals surface area contributed by atoms with Crippen LogP contribution in [0.3, 0.4) is 0 Å². The number of nitro benzene ring substituents is 1. The minimum absolute atomic E-state index is 0.113. The number of alkyl carbamates (subject to hydrolysis) is 1. The van der Waals surface area contributed by atoms with Gasteiger partial charge in [0, 0.05) is 10.5 Å². The van der Waals surface area contributed by atoms with E-state index in [0.29, 0.717) is 4.47 Å². The van der Waals surface area contributed by atoms with Gasteiger partial charge in [-0.15, -0.1) is 0 Å². The maximum absolute atomic E-state index is 11.8. The topological polar surface area (TPSA) is 128 Å². The van der Waals surface area contributed by atoms with E-state index in [0.717, 1.165) is 0 Å². The average molecular weight is 419 g/mol. The van der Waals surface area contributed by atoms with Crippen LogP contribution in [0.4, 0.5) is 10.5 Å². The number of nitrogens with one attached hydrogen (secondary N) is 1. The molecule has 0 aliphatic rings. The minimum atomic E-state index is -1.46. The van der Waals surface area contributed by atoms with E-state index in [-0.39, 0.29) is 11.4 Å². The molecule has 0 aliphatic carbocycles. The van der Waals surface area contributed by atoms with E-state index in [2.05, 4.69) is 21.2 Å². The number of carbonyl (C=O) groups is 2. The zero-order valence-corrected chi connectivity index (χ0v) is 15.7. The Hall–Kier alpha value is -2.36. The van der Waals surface area contributed by atoms with Crippen molar-refractivity contribution < 1.29 is 29.1 Å². The van der Waals surface area contributed by atoms with Crippen LogP contribution in [0.1, 0.15) is 27.7 Å². The predicted molar refractivity (Wildman–Crippen MR) is 91.7 cm³/mol. The second kappa shape index (κ2) is 8.15. The maximum atomic E-state index is 11.8. The number of aliphatic carboxylic acids is 1. The van der Waals surface area contributed by atoms with E-state index < -0.39 is 34.7 Å². The lowest BCUT2D eigenvalue weighted by molar-refractivity contribution is -0.386. The molecule has 9 nitrogen and oxygen atoms in total. The standard InChI is InChI=1S/C15H19BrN2O7/c1-8(12(13(19)20)17-14(21)25-15(2,3)4)24-11-6-5-9(16)7-10(11)18(22)23/h5-8,12H,1-4H3,(H,17,21)(H,19,20)/t8-,12-/m0/s1. The first-order chi connectivity index (χ1) is 11.4. The molecule has 1 rings (SSSR count). The minimum Gasteiger partial charge on any atom is -0.481 e. The highest BCUT2D eigenvalue weighted by Crippen LogP contribution is 2.31. The molecule has 0 fully saturated rings. The Morgan fingerprint density at radius 1 is 1.36 bits per heavy atom. The zero-order chi connectivity index (χ0) is 19.4. The summed E-state index contributed by atoms with van der Waals surface area (Å²) in [5.41, 5.74) is -1.13. The summed E-state index contributed by atoms with van der Waals surface area (Å²) in [6.07, 6.45) is -2.02. The summed E-state index contributed by atoms with van der Waals surface area (Å²) in [4.78, 5) is 33.6. The number of nitrogens with zero attached hydrogens (tertiary/aromatic N) is 1. The first kappa shape index (κ1) is 20.7. The fourth-order valence-corrected chi connectivity index (χ4v) is 2.16. The number of hydrogen-bond donors (Lipinski definition) is 2. The van der Waals surface area contributed by atoms with Crippen molar-refractivity contribution in [3.05, 3.63) is 32.8 Å². The van der Waals surface area contributed by atoms with Crippen LogP contribution in [0.2, 0.25) is 0 Å². The van der Waals surface area contributed by atoms with Gasteiger partial charge in [0.1, 0.15) is 11.7 Å². The molecule has 0 aromatic heterocycles. The van der Waals surface area contributed by atoms with Gasteiger partial charge in [0.2, 0.25) is 0 Å². The van der Waals surface area contributed by atoms with Crippen molar-refractivity contribution in [2.45, 2.75) is 45.4 Å². The molecule has 2 atom stereocenters. The number of carbonyl (C=O) groups excluding carboxylic acids is 1. The number of carboxylic acids is 1. The molecule has 0 unspecified atom stereocenters. The quantitative estimate of drug-likeness (QED) is 0.536. The maximum Gasteiger partial charge on any atom is 0.408 e. The van der Waals surface area contributed by atoms with E-state index in [9.17, 15) is 24.8 Å². The van der Waals surface area contributed by atoms with E-state index in [1.807, 2.05) is 0 Å². The number of nitro groups is 1. The second-order valence-corrected chi connectivity index (χ2v) is 7.07. The number of halogens is 1. The Labute approximate surface area is 152 Å². The number of ether oxygens (including phenoxy) is 2. The SMILES string of the molecule is C[C@H](Oc1ccc(Br)cc1[N+](=O)[O-])[C@H](NC(=O)OC(C)(C)C)C(=O)O. The lowest BCUT2D eigenvalue weighted by Crippen LogP contribution is -2.51. The van der Waals surface area contributed by atoms with Gasteiger partial charge in [-0.05, 0) is 39.8 Å². The summed E-state index contributed by atoms with van der Waals surface area (Å²) in [5, 5.41) is 22.6. The molecule has 1 aromatic carbocycles. The number of hydrogen-bond acceptors (Lipinski definition) is 6. The lowest BCUT2D eigenvalue weighted by atomic mass is 10.1. The molecule has 0 radical (unpaired) electrons. The van der Waals surface area contributed by atoms with E-state index >= 15 is 0 Å². The fraction of sp³-hybridized carbons (Fsp3) is 0.467. The van der Waals surface area contributed by atoms with Crippen LogP contribution in [0.5, 0.6) is 5.75 Å². The third-order valence-corrected chi connectivity index (χ3v) is 3.33. The van der Waals surface area contributed by atoms with E-state index in [4.69, 9.17) is 9.47 Å². The van der Waals surface area contributed by atoms with E-state index in [1.165, 1.54) is 25.1 Å². The third-order valence-electron chi connectivity index (χ3n) is 2.84. The molecule has 10 heteroatoms. The summed E-state index contributed by atoms with van der Waals surface area (Å²) >= 11 is 3.12. The van der Waals surface area contributed by atoms with Gasteiger partial charge >= 0.3 is 17.7 Å². The molecule has 2 N–H and O–H groups in total. The molecule has 1 amide bonds. The summed E-state index contributed by atoms with van der Waals surface area (Å²) in [5.74, 6) is -1.48. The van der Waals surface area contributed by atoms with Crippen LogP contribution in [-0.2, 0) is 9.53 Å². The second-order valence-electron chi connectivity index (χ2n) is 6.15. The molecular formula is C15H19BrN2O7. The molecular weight excluding hydrogens is 400 g/mol. The Balaban J connectivity index is 2.95. The van der Waals surface area contributed by atoms with Crippen LogP contribution >= 0.6 is 15.9 Å². The highest BCUT2D eigenvalue weighted by Gasteiger charge is 2.31. The Kier molecular flexibility index (Phi) is 6.74. The summed E-state index contributed by atoms with van der Waals surface area (Å²) in [6.45, 7) is 6.27. The molecule has 25 heavy (non-hydrogen) atoms. The monoisotopic (exact) mass is 418 g/mol. The van der Waals surface area contributed by atoms with Crippen molar-refractivity contribution in [1.29, 1.82) is 0 Å². The molecule has 0 spiro atoms. The molecule has 0 saturated carbocycles. The van der Waals surface area contributed by atoms with E-state index in [1.54, 1.807) is 20.8 Å². The summed E-state index contributed by atoms with van der Waals surface area (Å²) < 4.78 is 10.9. The molecule has 1 aromatic rings. The third kappa shape index (κ3) is 6.57. The zero-order valence-electron chi connectivity index (χ0n) is 14.1. The lowest BCUT2D eigenvalue weighted by Gasteiger charge is -2.25. The van der Waals surface area contributed by atoms with Crippen molar-refractivity contribution in [2.24, 2.45) is 0 Å². The van der Waals surface area contributed by atoms with Crippen LogP contribution in [-0.4, -0.2) is 39.8 Å². The highest BCUT2D eigenvalue weighted by atomic mass is 79.9. The summed E-state index contributed by atoms with van der Waals surface area (Å²) in [7, 11) is 0. The predicted octanol–water partition coefficient (Wildman–Crippen LogP) is 3.10. The van der Waals surface area contributed by atoms with Crippen molar-refractivity contribution in [3.8, 4) is 5.75 Å². The van der Waals surface area contributed by atoms with Gasteiger partial charge in [-0.3, -0.25) is 10.1 Å². The molecule has 0 saturated heterocycles. The van der Waals surface area contributed by atoms with Gasteiger partial charge in [-0.2, -0.15) is 0 Å². The van der Waals surface area contributed by atoms with Gasteiger partial charge in [0.25, 0.3) is 0 Å². The highest BCUT2D eigenvalue weighted by molar-refractivity contribution is 9.10. The van der Waals surface area contributed by atoms with Gasteiger partial charge < -0.3 is 19.9 Å². The summed E-state index contributed by atoms with van der Waals surface area (Å²) in [6, 6.07) is 2.63. The van der Waals surface area contributed by atoms with Crippen molar-refractivity contribution in [3.63, 3.8) is 0 Å². The fourth-order valence-electron chi connectivity index (χ4n) is 1.82. The first-order valence-electron chi connectivity index (χ1n) is 7.23. The number of amides is 1. The smallest absolute Gasteiger partial charge is 0.408 e. The normalized spacial score (nSPS) is 13.5. The van der Waals surface area contributed by atoms with Gasteiger partial charge in [-0.25, -0.2) is 9.59 Å². The molecule has 0 bridgehead atoms. The van der Waals surface area contributed by atoms with Gasteiger partial charge in [-0.1, -0.05) is 15.9 Å². The average Bonchev–Trinajstić information content (AvgIpc) is 2.44. The van der Waals surface area contributed by atoms with Gasteiger partial charge in [0.05, 0.1) is 4.92 Å². The van der Waals surface area contributed by atoms with Crippen molar-refractivity contribution >= 4 is 33.7 Å². The molecule has 0 aliphatic heterocycles. The van der Waals surface area contributed by atoms with Gasteiger partial charge in [0.15, 0.2) is 11.8 Å². The number of rotatable bonds is 6. The molecule has 0 heterocycles. The van der Waals surface area contributed by atoms with Crippen LogP contribution in [0.25, 0.3) is 0 Å². The number of benzene rings is 1. The van der Waals surface area contributed by atoms with Crippen LogP contribution < -0.4 is 10.1 Å². The molecule has 138 valence electrons. The Morgan fingerprint density at radius 3 is 2.44 bits per heavy atom. The van der Waals surface area contributed by atoms with Crippen LogP contribution in [0.15, 0.2) is 22.7 Å².